The molecule has 0 unspecified atom stereocenters. The lowest BCUT2D eigenvalue weighted by atomic mass is 9.99. The molecule has 1 aromatic carbocycles. The summed E-state index contributed by atoms with van der Waals surface area (Å²) in [4.78, 5) is 15.8. The Morgan fingerprint density at radius 2 is 1.94 bits per heavy atom. The lowest BCUT2D eigenvalue weighted by molar-refractivity contribution is 0.468. The molecule has 0 N–H and O–H groups in total. The molecule has 8 nitrogen and oxygen atoms in total. The number of aromatic nitrogens is 5. The second-order valence-corrected chi connectivity index (χ2v) is 8.28. The first kappa shape index (κ1) is 19.5. The van der Waals surface area contributed by atoms with Gasteiger partial charge in [-0.2, -0.15) is 5.10 Å². The van der Waals surface area contributed by atoms with Crippen LogP contribution in [0.4, 0.5) is 5.82 Å². The van der Waals surface area contributed by atoms with Gasteiger partial charge in [-0.05, 0) is 49.2 Å². The van der Waals surface area contributed by atoms with Gasteiger partial charge in [0.1, 0.15) is 23.5 Å². The van der Waals surface area contributed by atoms with Crippen LogP contribution in [0.3, 0.4) is 0 Å². The average molecular weight is 438 g/mol. The lowest BCUT2D eigenvalue weighted by Gasteiger charge is -2.22. The molecular weight excluding hydrogens is 416 g/mol. The standard InChI is InChI=1S/C25H22N6O2/c1-15-10-18(33-25-20-7-9-32-22(20)6-8-26-25)4-5-19(15)23-16(2)27-14-28-24(23)31-12-17-11-29-30(3)21(17)13-31/h4-11,14H,12-13H2,1-3H3. The number of hydrogen-bond donors (Lipinski definition) is 0. The number of ether oxygens (including phenoxy) is 1. The summed E-state index contributed by atoms with van der Waals surface area (Å²) in [5, 5.41) is 5.21. The molecule has 5 heterocycles. The fraction of sp³-hybridized carbons (Fsp3) is 0.200. The maximum Gasteiger partial charge on any atom is 0.230 e. The summed E-state index contributed by atoms with van der Waals surface area (Å²) in [6.45, 7) is 5.66. The van der Waals surface area contributed by atoms with Crippen LogP contribution in [0.25, 0.3) is 22.1 Å². The highest BCUT2D eigenvalue weighted by Crippen LogP contribution is 2.38. The molecule has 0 radical (unpaired) electrons. The summed E-state index contributed by atoms with van der Waals surface area (Å²) in [5.74, 6) is 2.17. The van der Waals surface area contributed by atoms with Crippen LogP contribution in [-0.2, 0) is 20.1 Å². The Hall–Kier alpha value is -4.20. The van der Waals surface area contributed by atoms with E-state index in [9.17, 15) is 0 Å². The van der Waals surface area contributed by atoms with E-state index in [4.69, 9.17) is 9.15 Å². The number of rotatable bonds is 4. The Balaban J connectivity index is 1.36. The van der Waals surface area contributed by atoms with E-state index in [-0.39, 0.29) is 0 Å². The third kappa shape index (κ3) is 3.22. The molecule has 4 aromatic heterocycles. The molecule has 0 bridgehead atoms. The van der Waals surface area contributed by atoms with E-state index < -0.39 is 0 Å². The molecule has 6 rings (SSSR count). The molecule has 0 aliphatic carbocycles. The Labute approximate surface area is 190 Å². The van der Waals surface area contributed by atoms with Crippen LogP contribution >= 0.6 is 0 Å². The van der Waals surface area contributed by atoms with Crippen molar-refractivity contribution in [2.24, 2.45) is 7.05 Å². The van der Waals surface area contributed by atoms with E-state index in [2.05, 4.69) is 37.9 Å². The number of anilines is 1. The topological polar surface area (TPSA) is 82.1 Å². The zero-order chi connectivity index (χ0) is 22.5. The van der Waals surface area contributed by atoms with Crippen LogP contribution in [0, 0.1) is 13.8 Å². The van der Waals surface area contributed by atoms with Crippen LogP contribution in [0.2, 0.25) is 0 Å². The summed E-state index contributed by atoms with van der Waals surface area (Å²) in [6, 6.07) is 9.74. The van der Waals surface area contributed by atoms with Gasteiger partial charge in [0.2, 0.25) is 5.88 Å². The number of furan rings is 1. The first-order valence-electron chi connectivity index (χ1n) is 10.8. The molecule has 0 atom stereocenters. The van der Waals surface area contributed by atoms with Gasteiger partial charge in [0.15, 0.2) is 0 Å². The minimum atomic E-state index is 0.525. The molecule has 0 saturated heterocycles. The summed E-state index contributed by atoms with van der Waals surface area (Å²) in [5.41, 5.74) is 7.34. The normalized spacial score (nSPS) is 13.0. The SMILES string of the molecule is Cc1cc(Oc2nccc3occc23)ccc1-c1c(C)ncnc1N1Cc2cnn(C)c2C1. The third-order valence-corrected chi connectivity index (χ3v) is 6.19. The highest BCUT2D eigenvalue weighted by Gasteiger charge is 2.27. The first-order chi connectivity index (χ1) is 16.1. The quantitative estimate of drug-likeness (QED) is 0.393. The smallest absolute Gasteiger partial charge is 0.230 e. The van der Waals surface area contributed by atoms with E-state index in [0.29, 0.717) is 11.6 Å². The maximum atomic E-state index is 6.10. The predicted octanol–water partition coefficient (Wildman–Crippen LogP) is 4.95. The van der Waals surface area contributed by atoms with Gasteiger partial charge in [0.05, 0.1) is 35.8 Å². The molecule has 33 heavy (non-hydrogen) atoms. The first-order valence-corrected chi connectivity index (χ1v) is 10.8. The Kier molecular flexibility index (Phi) is 4.39. The zero-order valence-corrected chi connectivity index (χ0v) is 18.6. The summed E-state index contributed by atoms with van der Waals surface area (Å²) < 4.78 is 13.5. The zero-order valence-electron chi connectivity index (χ0n) is 18.6. The van der Waals surface area contributed by atoms with Crippen molar-refractivity contribution in [3.05, 3.63) is 77.8 Å². The Morgan fingerprint density at radius 3 is 2.79 bits per heavy atom. The largest absolute Gasteiger partial charge is 0.464 e. The molecule has 0 saturated carbocycles. The van der Waals surface area contributed by atoms with Gasteiger partial charge in [-0.25, -0.2) is 15.0 Å². The Bertz CT molecular complexity index is 1500. The van der Waals surface area contributed by atoms with Gasteiger partial charge in [-0.1, -0.05) is 6.07 Å². The molecule has 5 aromatic rings. The number of fused-ring (bicyclic) bond motifs is 2. The predicted molar refractivity (Wildman–Crippen MR) is 124 cm³/mol. The third-order valence-electron chi connectivity index (χ3n) is 6.19. The summed E-state index contributed by atoms with van der Waals surface area (Å²) >= 11 is 0. The molecule has 0 fully saturated rings. The molecule has 8 heteroatoms. The van der Waals surface area contributed by atoms with Crippen molar-refractivity contribution in [1.82, 2.24) is 24.7 Å². The molecule has 1 aliphatic rings. The number of benzene rings is 1. The van der Waals surface area contributed by atoms with Crippen LogP contribution < -0.4 is 9.64 Å². The van der Waals surface area contributed by atoms with Crippen molar-refractivity contribution in [2.75, 3.05) is 4.90 Å². The number of aryl methyl sites for hydroxylation is 3. The van der Waals surface area contributed by atoms with Crippen molar-refractivity contribution in [3.63, 3.8) is 0 Å². The van der Waals surface area contributed by atoms with Gasteiger partial charge >= 0.3 is 0 Å². The van der Waals surface area contributed by atoms with E-state index in [1.54, 1.807) is 18.8 Å². The number of pyridine rings is 1. The highest BCUT2D eigenvalue weighted by atomic mass is 16.5. The van der Waals surface area contributed by atoms with Crippen LogP contribution in [0.15, 0.2) is 59.7 Å². The van der Waals surface area contributed by atoms with E-state index in [1.807, 2.05) is 49.1 Å². The van der Waals surface area contributed by atoms with E-state index in [0.717, 1.165) is 52.3 Å². The average Bonchev–Trinajstić information content (AvgIpc) is 3.52. The minimum absolute atomic E-state index is 0.525. The van der Waals surface area contributed by atoms with Gasteiger partial charge in [-0.3, -0.25) is 4.68 Å². The monoisotopic (exact) mass is 438 g/mol. The highest BCUT2D eigenvalue weighted by molar-refractivity contribution is 5.83. The van der Waals surface area contributed by atoms with Crippen molar-refractivity contribution in [2.45, 2.75) is 26.9 Å². The van der Waals surface area contributed by atoms with Crippen molar-refractivity contribution < 1.29 is 9.15 Å². The van der Waals surface area contributed by atoms with Gasteiger partial charge in [0, 0.05) is 30.9 Å². The second kappa shape index (κ2) is 7.44. The molecule has 0 amide bonds. The summed E-state index contributed by atoms with van der Waals surface area (Å²) in [7, 11) is 1.98. The lowest BCUT2D eigenvalue weighted by Crippen LogP contribution is -2.19. The van der Waals surface area contributed by atoms with Gasteiger partial charge < -0.3 is 14.1 Å². The summed E-state index contributed by atoms with van der Waals surface area (Å²) in [6.07, 6.45) is 6.90. The van der Waals surface area contributed by atoms with E-state index >= 15 is 0 Å². The number of hydrogen-bond acceptors (Lipinski definition) is 7. The minimum Gasteiger partial charge on any atom is -0.464 e. The van der Waals surface area contributed by atoms with Crippen LogP contribution in [0.1, 0.15) is 22.5 Å². The van der Waals surface area contributed by atoms with E-state index in [1.165, 1.54) is 11.3 Å². The second-order valence-electron chi connectivity index (χ2n) is 8.28. The molecule has 1 aliphatic heterocycles. The van der Waals surface area contributed by atoms with Crippen molar-refractivity contribution in [1.29, 1.82) is 0 Å². The molecular formula is C25H22N6O2. The molecule has 0 spiro atoms. The fourth-order valence-corrected chi connectivity index (χ4v) is 4.49. The maximum absolute atomic E-state index is 6.10. The van der Waals surface area contributed by atoms with Crippen molar-refractivity contribution >= 4 is 16.8 Å². The van der Waals surface area contributed by atoms with Crippen LogP contribution in [-0.4, -0.2) is 24.7 Å². The number of nitrogens with zero attached hydrogens (tertiary/aromatic N) is 6. The fourth-order valence-electron chi connectivity index (χ4n) is 4.49. The Morgan fingerprint density at radius 1 is 1.03 bits per heavy atom. The van der Waals surface area contributed by atoms with Crippen LogP contribution in [0.5, 0.6) is 11.6 Å². The van der Waals surface area contributed by atoms with Gasteiger partial charge in [0.25, 0.3) is 0 Å². The molecule has 164 valence electrons. The van der Waals surface area contributed by atoms with Crippen molar-refractivity contribution in [3.8, 4) is 22.8 Å². The van der Waals surface area contributed by atoms with Gasteiger partial charge in [-0.15, -0.1) is 0 Å².